The molecule has 1 N–H and O–H groups in total. The average Bonchev–Trinajstić information content (AvgIpc) is 2.60. The molecule has 1 amide bonds. The van der Waals surface area contributed by atoms with E-state index < -0.39 is 5.97 Å². The zero-order valence-electron chi connectivity index (χ0n) is 14.5. The summed E-state index contributed by atoms with van der Waals surface area (Å²) in [5.41, 5.74) is 0.633. The maximum Gasteiger partial charge on any atom is 0.303 e. The van der Waals surface area contributed by atoms with Crippen molar-refractivity contribution in [3.8, 4) is 5.75 Å². The second kappa shape index (κ2) is 8.71. The van der Waals surface area contributed by atoms with Crippen LogP contribution in [-0.4, -0.2) is 40.6 Å². The third kappa shape index (κ3) is 4.98. The Morgan fingerprint density at radius 3 is 2.62 bits per heavy atom. The van der Waals surface area contributed by atoms with E-state index in [9.17, 15) is 9.59 Å². The number of carboxylic acids is 1. The zero-order valence-corrected chi connectivity index (χ0v) is 14.5. The van der Waals surface area contributed by atoms with Gasteiger partial charge in [-0.25, -0.2) is 0 Å². The van der Waals surface area contributed by atoms with Crippen molar-refractivity contribution in [2.75, 3.05) is 6.54 Å². The van der Waals surface area contributed by atoms with E-state index >= 15 is 0 Å². The Bertz CT molecular complexity index is 555. The van der Waals surface area contributed by atoms with Crippen LogP contribution in [0.1, 0.15) is 62.7 Å². The van der Waals surface area contributed by atoms with Crippen molar-refractivity contribution < 1.29 is 19.4 Å². The summed E-state index contributed by atoms with van der Waals surface area (Å²) in [5.74, 6) is -0.0540. The lowest BCUT2D eigenvalue weighted by Crippen LogP contribution is -2.43. The number of nitrogens with zero attached hydrogens (tertiary/aromatic N) is 1. The summed E-state index contributed by atoms with van der Waals surface area (Å²) >= 11 is 0. The molecule has 0 bridgehead atoms. The van der Waals surface area contributed by atoms with Crippen LogP contribution in [0.2, 0.25) is 0 Å². The minimum Gasteiger partial charge on any atom is -0.491 e. The Morgan fingerprint density at radius 2 is 2.00 bits per heavy atom. The summed E-state index contributed by atoms with van der Waals surface area (Å²) in [5, 5.41) is 8.89. The topological polar surface area (TPSA) is 66.8 Å². The number of carbonyl (C=O) groups excluding carboxylic acids is 1. The standard InChI is InChI=1S/C19H27NO4/c1-3-14(2)24-17-10-7-15(8-11-17)19(23)20-13-5-4-6-16(20)9-12-18(21)22/h7-8,10-11,14,16H,3-6,9,12-13H2,1-2H3,(H,21,22). The number of carboxylic acid groups (broad SMARTS) is 1. The van der Waals surface area contributed by atoms with Crippen molar-refractivity contribution >= 4 is 11.9 Å². The molecule has 0 saturated carbocycles. The summed E-state index contributed by atoms with van der Waals surface area (Å²) in [6.07, 6.45) is 4.62. The molecule has 1 aliphatic rings. The van der Waals surface area contributed by atoms with Gasteiger partial charge < -0.3 is 14.7 Å². The largest absolute Gasteiger partial charge is 0.491 e. The number of hydrogen-bond acceptors (Lipinski definition) is 3. The van der Waals surface area contributed by atoms with Gasteiger partial charge in [0.1, 0.15) is 5.75 Å². The molecule has 1 aliphatic heterocycles. The van der Waals surface area contributed by atoms with Crippen molar-refractivity contribution in [1.29, 1.82) is 0 Å². The average molecular weight is 333 g/mol. The summed E-state index contributed by atoms with van der Waals surface area (Å²) < 4.78 is 5.74. The zero-order chi connectivity index (χ0) is 17.5. The first kappa shape index (κ1) is 18.3. The van der Waals surface area contributed by atoms with Gasteiger partial charge in [0.25, 0.3) is 5.91 Å². The fraction of sp³-hybridized carbons (Fsp3) is 0.579. The number of rotatable bonds is 7. The van der Waals surface area contributed by atoms with Crippen LogP contribution in [0.5, 0.6) is 5.75 Å². The summed E-state index contributed by atoms with van der Waals surface area (Å²) in [6.45, 7) is 4.78. The molecule has 0 radical (unpaired) electrons. The SMILES string of the molecule is CCC(C)Oc1ccc(C(=O)N2CCCCC2CCC(=O)O)cc1. The lowest BCUT2D eigenvalue weighted by Gasteiger charge is -2.35. The molecule has 0 aliphatic carbocycles. The molecule has 132 valence electrons. The highest BCUT2D eigenvalue weighted by Gasteiger charge is 2.27. The van der Waals surface area contributed by atoms with E-state index in [2.05, 4.69) is 6.92 Å². The van der Waals surface area contributed by atoms with Crippen molar-refractivity contribution in [3.05, 3.63) is 29.8 Å². The number of piperidine rings is 1. The van der Waals surface area contributed by atoms with Gasteiger partial charge in [0.15, 0.2) is 0 Å². The van der Waals surface area contributed by atoms with Gasteiger partial charge in [-0.2, -0.15) is 0 Å². The van der Waals surface area contributed by atoms with E-state index in [4.69, 9.17) is 9.84 Å². The van der Waals surface area contributed by atoms with Crippen molar-refractivity contribution in [3.63, 3.8) is 0 Å². The molecular formula is C19H27NO4. The highest BCUT2D eigenvalue weighted by atomic mass is 16.5. The lowest BCUT2D eigenvalue weighted by molar-refractivity contribution is -0.137. The summed E-state index contributed by atoms with van der Waals surface area (Å²) in [4.78, 5) is 25.4. The number of ether oxygens (including phenoxy) is 1. The van der Waals surface area contributed by atoms with E-state index in [1.165, 1.54) is 0 Å². The van der Waals surface area contributed by atoms with E-state index in [1.54, 1.807) is 12.1 Å². The molecule has 1 fully saturated rings. The second-order valence-corrected chi connectivity index (χ2v) is 6.44. The molecule has 1 heterocycles. The van der Waals surface area contributed by atoms with Gasteiger partial charge in [0, 0.05) is 24.6 Å². The first-order chi connectivity index (χ1) is 11.5. The van der Waals surface area contributed by atoms with E-state index in [1.807, 2.05) is 24.0 Å². The van der Waals surface area contributed by atoms with Crippen LogP contribution in [0.25, 0.3) is 0 Å². The van der Waals surface area contributed by atoms with E-state index in [-0.39, 0.29) is 24.5 Å². The number of carbonyl (C=O) groups is 2. The molecule has 24 heavy (non-hydrogen) atoms. The van der Waals surface area contributed by atoms with Gasteiger partial charge in [0.05, 0.1) is 6.10 Å². The van der Waals surface area contributed by atoms with Gasteiger partial charge in [-0.3, -0.25) is 9.59 Å². The third-order valence-electron chi connectivity index (χ3n) is 4.59. The highest BCUT2D eigenvalue weighted by Crippen LogP contribution is 2.24. The molecule has 0 aromatic heterocycles. The normalized spacial score (nSPS) is 18.9. The first-order valence-electron chi connectivity index (χ1n) is 8.80. The number of aliphatic carboxylic acids is 1. The molecule has 1 saturated heterocycles. The molecule has 5 heteroatoms. The Labute approximate surface area is 143 Å². The highest BCUT2D eigenvalue weighted by molar-refractivity contribution is 5.94. The van der Waals surface area contributed by atoms with Gasteiger partial charge in [-0.1, -0.05) is 6.92 Å². The van der Waals surface area contributed by atoms with Gasteiger partial charge >= 0.3 is 5.97 Å². The molecular weight excluding hydrogens is 306 g/mol. The molecule has 5 nitrogen and oxygen atoms in total. The number of amides is 1. The summed E-state index contributed by atoms with van der Waals surface area (Å²) in [7, 11) is 0. The Morgan fingerprint density at radius 1 is 1.29 bits per heavy atom. The minimum absolute atomic E-state index is 0.0137. The Balaban J connectivity index is 2.03. The van der Waals surface area contributed by atoms with Gasteiger partial charge in [-0.05, 0) is 63.3 Å². The van der Waals surface area contributed by atoms with Gasteiger partial charge in [-0.15, -0.1) is 0 Å². The van der Waals surface area contributed by atoms with Crippen LogP contribution >= 0.6 is 0 Å². The molecule has 1 aromatic rings. The van der Waals surface area contributed by atoms with Crippen LogP contribution in [0.15, 0.2) is 24.3 Å². The quantitative estimate of drug-likeness (QED) is 0.826. The predicted molar refractivity (Wildman–Crippen MR) is 92.4 cm³/mol. The number of benzene rings is 1. The second-order valence-electron chi connectivity index (χ2n) is 6.44. The number of hydrogen-bond donors (Lipinski definition) is 1. The van der Waals surface area contributed by atoms with Crippen LogP contribution in [0, 0.1) is 0 Å². The number of likely N-dealkylation sites (tertiary alicyclic amines) is 1. The monoisotopic (exact) mass is 333 g/mol. The maximum absolute atomic E-state index is 12.8. The van der Waals surface area contributed by atoms with Crippen molar-refractivity contribution in [2.24, 2.45) is 0 Å². The van der Waals surface area contributed by atoms with E-state index in [0.29, 0.717) is 18.5 Å². The smallest absolute Gasteiger partial charge is 0.303 e. The fourth-order valence-electron chi connectivity index (χ4n) is 3.02. The third-order valence-corrected chi connectivity index (χ3v) is 4.59. The van der Waals surface area contributed by atoms with Crippen molar-refractivity contribution in [2.45, 2.75) is 64.5 Å². The molecule has 2 unspecified atom stereocenters. The Hall–Kier alpha value is -2.04. The predicted octanol–water partition coefficient (Wildman–Crippen LogP) is 3.72. The minimum atomic E-state index is -0.806. The first-order valence-corrected chi connectivity index (χ1v) is 8.80. The Kier molecular flexibility index (Phi) is 6.64. The van der Waals surface area contributed by atoms with Crippen LogP contribution in [-0.2, 0) is 4.79 Å². The summed E-state index contributed by atoms with van der Waals surface area (Å²) in [6, 6.07) is 7.27. The van der Waals surface area contributed by atoms with E-state index in [0.717, 1.165) is 31.4 Å². The van der Waals surface area contributed by atoms with Crippen LogP contribution in [0.4, 0.5) is 0 Å². The maximum atomic E-state index is 12.8. The molecule has 0 spiro atoms. The molecule has 1 aromatic carbocycles. The fourth-order valence-corrected chi connectivity index (χ4v) is 3.02. The van der Waals surface area contributed by atoms with Gasteiger partial charge in [0.2, 0.25) is 0 Å². The molecule has 2 atom stereocenters. The lowest BCUT2D eigenvalue weighted by atomic mass is 9.97. The molecule has 2 rings (SSSR count). The van der Waals surface area contributed by atoms with Crippen LogP contribution < -0.4 is 4.74 Å². The van der Waals surface area contributed by atoms with Crippen LogP contribution in [0.3, 0.4) is 0 Å². The van der Waals surface area contributed by atoms with Crippen molar-refractivity contribution in [1.82, 2.24) is 4.90 Å².